The number of amides is 1. The zero-order valence-electron chi connectivity index (χ0n) is 18.5. The molecule has 34 heavy (non-hydrogen) atoms. The summed E-state index contributed by atoms with van der Waals surface area (Å²) in [6.45, 7) is 2.84. The van der Waals surface area contributed by atoms with E-state index in [-0.39, 0.29) is 40.0 Å². The lowest BCUT2D eigenvalue weighted by atomic mass is 10.0. The van der Waals surface area contributed by atoms with Gasteiger partial charge in [-0.1, -0.05) is 6.07 Å². The van der Waals surface area contributed by atoms with Crippen LogP contribution in [-0.4, -0.2) is 53.1 Å². The molecule has 0 radical (unpaired) electrons. The molecule has 1 aromatic carbocycles. The van der Waals surface area contributed by atoms with Gasteiger partial charge in [-0.25, -0.2) is 14.8 Å². The molecule has 1 atom stereocenters. The van der Waals surface area contributed by atoms with E-state index in [0.29, 0.717) is 11.9 Å². The molecule has 1 saturated heterocycles. The molecule has 0 aliphatic carbocycles. The fraction of sp³-hybridized carbons (Fsp3) is 0.364. The number of Topliss-reactive ketones (excluding diaryl/α,β-unsaturated/α-hetero) is 1. The van der Waals surface area contributed by atoms with Gasteiger partial charge in [0, 0.05) is 35.9 Å². The summed E-state index contributed by atoms with van der Waals surface area (Å²) in [5.74, 6) is -0.307. The molecule has 1 aliphatic rings. The van der Waals surface area contributed by atoms with Crippen molar-refractivity contribution < 1.29 is 27.5 Å². The lowest BCUT2D eigenvalue weighted by Gasteiger charge is -2.24. The van der Waals surface area contributed by atoms with Crippen LogP contribution >= 0.6 is 0 Å². The minimum atomic E-state index is -4.69. The quantitative estimate of drug-likeness (QED) is 0.408. The third kappa shape index (κ3) is 4.67. The number of ketones is 1. The molecule has 3 heterocycles. The van der Waals surface area contributed by atoms with Crippen LogP contribution in [0.3, 0.4) is 0 Å². The Hall–Kier alpha value is -3.67. The predicted octanol–water partition coefficient (Wildman–Crippen LogP) is 4.19. The largest absolute Gasteiger partial charge is 0.453 e. The summed E-state index contributed by atoms with van der Waals surface area (Å²) in [6.07, 6.45) is -1.57. The number of fused-ring (bicyclic) bond motifs is 1. The molecule has 2 aromatic heterocycles. The van der Waals surface area contributed by atoms with Crippen molar-refractivity contribution in [1.82, 2.24) is 20.3 Å². The van der Waals surface area contributed by atoms with Crippen LogP contribution < -0.4 is 16.0 Å². The van der Waals surface area contributed by atoms with Crippen molar-refractivity contribution in [3.63, 3.8) is 0 Å². The first-order chi connectivity index (χ1) is 16.2. The molecule has 0 saturated carbocycles. The number of methoxy groups -OCH3 is 1. The van der Waals surface area contributed by atoms with Gasteiger partial charge in [0.2, 0.25) is 5.95 Å². The first-order valence-corrected chi connectivity index (χ1v) is 10.6. The van der Waals surface area contributed by atoms with Gasteiger partial charge in [-0.2, -0.15) is 13.2 Å². The number of hydrogen-bond acceptors (Lipinski definition) is 7. The second-order valence-electron chi connectivity index (χ2n) is 7.93. The van der Waals surface area contributed by atoms with Crippen molar-refractivity contribution in [3.8, 4) is 11.3 Å². The number of carbonyl (C=O) groups excluding carboxylic acids is 2. The summed E-state index contributed by atoms with van der Waals surface area (Å²) in [6, 6.07) is 2.95. The molecule has 1 unspecified atom stereocenters. The molecule has 9 nitrogen and oxygen atoms in total. The highest BCUT2D eigenvalue weighted by Crippen LogP contribution is 2.40. The van der Waals surface area contributed by atoms with Crippen LogP contribution in [0.1, 0.15) is 35.7 Å². The summed E-state index contributed by atoms with van der Waals surface area (Å²) in [7, 11) is 1.18. The zero-order chi connectivity index (χ0) is 24.5. The Bertz CT molecular complexity index is 1230. The summed E-state index contributed by atoms with van der Waals surface area (Å²) in [5.41, 5.74) is -0.602. The lowest BCUT2D eigenvalue weighted by molar-refractivity contribution is -0.137. The van der Waals surface area contributed by atoms with Gasteiger partial charge in [-0.3, -0.25) is 10.1 Å². The third-order valence-corrected chi connectivity index (χ3v) is 5.61. The molecule has 4 N–H and O–H groups in total. The van der Waals surface area contributed by atoms with Gasteiger partial charge in [0.15, 0.2) is 5.78 Å². The summed E-state index contributed by atoms with van der Waals surface area (Å²) < 4.78 is 46.1. The number of halogens is 3. The molecule has 1 amide bonds. The molecule has 1 aliphatic heterocycles. The number of aromatic amines is 1. The summed E-state index contributed by atoms with van der Waals surface area (Å²) in [5, 5.41) is 9.11. The fourth-order valence-corrected chi connectivity index (χ4v) is 4.05. The smallest absolute Gasteiger partial charge is 0.419 e. The number of ether oxygens (including phenoxy) is 1. The van der Waals surface area contributed by atoms with E-state index < -0.39 is 23.6 Å². The minimum Gasteiger partial charge on any atom is -0.453 e. The Labute approximate surface area is 192 Å². The van der Waals surface area contributed by atoms with E-state index in [1.54, 1.807) is 0 Å². The standard InChI is InChI=1S/C22H23F3N6O3/c1-11(32)17-16(30-21(33)34-2)6-5-13-14(9-27-19(13)17)18-15(22(23,24)25)10-28-20(31-18)29-12-4-3-7-26-8-12/h5-6,9-10,12,26-27H,3-4,7-8H2,1-2H3,(H,30,33)(H,28,29,31). The second kappa shape index (κ2) is 9.29. The molecular weight excluding hydrogens is 453 g/mol. The van der Waals surface area contributed by atoms with Crippen LogP contribution in [-0.2, 0) is 10.9 Å². The van der Waals surface area contributed by atoms with Gasteiger partial charge in [0.1, 0.15) is 5.56 Å². The first kappa shape index (κ1) is 23.5. The average molecular weight is 476 g/mol. The van der Waals surface area contributed by atoms with Gasteiger partial charge in [0.05, 0.1) is 29.6 Å². The Morgan fingerprint density at radius 3 is 2.71 bits per heavy atom. The SMILES string of the molecule is COC(=O)Nc1ccc2c(-c3nc(NC4CCCNC4)ncc3C(F)(F)F)c[nH]c2c1C(C)=O. The Morgan fingerprint density at radius 1 is 1.26 bits per heavy atom. The van der Waals surface area contributed by atoms with Gasteiger partial charge in [0.25, 0.3) is 0 Å². The van der Waals surface area contributed by atoms with Gasteiger partial charge in [-0.05, 0) is 32.4 Å². The molecule has 4 rings (SSSR count). The number of anilines is 2. The van der Waals surface area contributed by atoms with Crippen molar-refractivity contribution in [2.45, 2.75) is 32.0 Å². The number of hydrogen-bond donors (Lipinski definition) is 4. The molecular formula is C22H23F3N6O3. The Kier molecular flexibility index (Phi) is 6.42. The van der Waals surface area contributed by atoms with Gasteiger partial charge in [-0.15, -0.1) is 0 Å². The van der Waals surface area contributed by atoms with Crippen molar-refractivity contribution in [2.24, 2.45) is 0 Å². The van der Waals surface area contributed by atoms with E-state index in [2.05, 4.69) is 35.6 Å². The van der Waals surface area contributed by atoms with E-state index in [1.165, 1.54) is 32.4 Å². The second-order valence-corrected chi connectivity index (χ2v) is 7.93. The van der Waals surface area contributed by atoms with Crippen LogP contribution in [0.25, 0.3) is 22.2 Å². The number of piperidine rings is 1. The normalized spacial score (nSPS) is 16.3. The zero-order valence-corrected chi connectivity index (χ0v) is 18.5. The summed E-state index contributed by atoms with van der Waals surface area (Å²) >= 11 is 0. The van der Waals surface area contributed by atoms with Crippen LogP contribution in [0.2, 0.25) is 0 Å². The van der Waals surface area contributed by atoms with Crippen LogP contribution in [0.15, 0.2) is 24.5 Å². The molecule has 12 heteroatoms. The van der Waals surface area contributed by atoms with Crippen LogP contribution in [0.4, 0.5) is 29.6 Å². The molecule has 3 aromatic rings. The van der Waals surface area contributed by atoms with Crippen LogP contribution in [0.5, 0.6) is 0 Å². The number of alkyl halides is 3. The monoisotopic (exact) mass is 476 g/mol. The maximum absolute atomic E-state index is 13.8. The summed E-state index contributed by atoms with van der Waals surface area (Å²) in [4.78, 5) is 35.0. The van der Waals surface area contributed by atoms with Gasteiger partial charge >= 0.3 is 12.3 Å². The Balaban J connectivity index is 1.83. The number of rotatable bonds is 5. The molecule has 0 bridgehead atoms. The van der Waals surface area contributed by atoms with E-state index >= 15 is 0 Å². The van der Waals surface area contributed by atoms with Crippen molar-refractivity contribution in [2.75, 3.05) is 30.8 Å². The lowest BCUT2D eigenvalue weighted by Crippen LogP contribution is -2.38. The fourth-order valence-electron chi connectivity index (χ4n) is 4.05. The third-order valence-electron chi connectivity index (χ3n) is 5.61. The number of carbonyl (C=O) groups is 2. The number of nitrogens with zero attached hydrogens (tertiary/aromatic N) is 2. The highest BCUT2D eigenvalue weighted by atomic mass is 19.4. The van der Waals surface area contributed by atoms with Crippen molar-refractivity contribution in [3.05, 3.63) is 35.7 Å². The predicted molar refractivity (Wildman–Crippen MR) is 120 cm³/mol. The Morgan fingerprint density at radius 2 is 2.06 bits per heavy atom. The molecule has 0 spiro atoms. The van der Waals surface area contributed by atoms with Crippen molar-refractivity contribution >= 4 is 34.4 Å². The number of nitrogens with one attached hydrogen (secondary N) is 4. The van der Waals surface area contributed by atoms with E-state index in [1.807, 2.05) is 0 Å². The maximum atomic E-state index is 13.8. The molecule has 180 valence electrons. The first-order valence-electron chi connectivity index (χ1n) is 10.6. The van der Waals surface area contributed by atoms with E-state index in [0.717, 1.165) is 25.6 Å². The average Bonchev–Trinajstić information content (AvgIpc) is 3.22. The van der Waals surface area contributed by atoms with E-state index in [9.17, 15) is 22.8 Å². The minimum absolute atomic E-state index is 0.00225. The highest BCUT2D eigenvalue weighted by Gasteiger charge is 2.36. The van der Waals surface area contributed by atoms with Crippen molar-refractivity contribution in [1.29, 1.82) is 0 Å². The topological polar surface area (TPSA) is 121 Å². The highest BCUT2D eigenvalue weighted by molar-refractivity contribution is 6.14. The van der Waals surface area contributed by atoms with Crippen LogP contribution in [0, 0.1) is 0 Å². The molecule has 1 fully saturated rings. The van der Waals surface area contributed by atoms with Gasteiger partial charge < -0.3 is 20.4 Å². The number of H-pyrrole nitrogens is 1. The maximum Gasteiger partial charge on any atom is 0.419 e. The van der Waals surface area contributed by atoms with E-state index in [4.69, 9.17) is 0 Å². The number of aromatic nitrogens is 3. The number of benzene rings is 1.